The van der Waals surface area contributed by atoms with Crippen molar-refractivity contribution in [2.24, 2.45) is 0 Å². The summed E-state index contributed by atoms with van der Waals surface area (Å²) in [5.41, 5.74) is 1.64. The summed E-state index contributed by atoms with van der Waals surface area (Å²) in [6, 6.07) is 24.1. The number of hydrogen-bond donors (Lipinski definition) is 0. The normalized spacial score (nSPS) is 14.9. The van der Waals surface area contributed by atoms with E-state index in [-0.39, 0.29) is 11.2 Å². The molecule has 0 unspecified atom stereocenters. The minimum atomic E-state index is -2.87. The SMILES string of the molecule is [2H]C([2H])([2H])C([2H])([2H])Oc1ccc(C(C)(C)COCc2cccc(Oc3ccccc3)c2)cc1. The van der Waals surface area contributed by atoms with E-state index in [0.717, 1.165) is 22.6 Å². The zero-order valence-electron chi connectivity index (χ0n) is 21.1. The molecule has 0 saturated heterocycles. The molecule has 0 aliphatic heterocycles. The monoisotopic (exact) mass is 381 g/mol. The maximum Gasteiger partial charge on any atom is 0.127 e. The fourth-order valence-electron chi connectivity index (χ4n) is 2.86. The Hall–Kier alpha value is -2.78. The van der Waals surface area contributed by atoms with Crippen molar-refractivity contribution in [2.75, 3.05) is 13.2 Å². The Morgan fingerprint density at radius 2 is 1.61 bits per heavy atom. The standard InChI is InChI=1S/C25H28O3/c1-4-27-22-15-13-21(14-16-22)25(2,3)19-26-18-20-9-8-12-24(17-20)28-23-10-6-5-7-11-23/h5-17H,4,18-19H2,1-3H3/i1D3,4D2. The summed E-state index contributed by atoms with van der Waals surface area (Å²) in [6.45, 7) is -0.671. The van der Waals surface area contributed by atoms with Gasteiger partial charge in [0.1, 0.15) is 17.2 Å². The minimum Gasteiger partial charge on any atom is -0.494 e. The summed E-state index contributed by atoms with van der Waals surface area (Å²) in [7, 11) is 0. The average Bonchev–Trinajstić information content (AvgIpc) is 2.74. The van der Waals surface area contributed by atoms with Crippen LogP contribution in [-0.4, -0.2) is 13.2 Å². The third-order valence-corrected chi connectivity index (χ3v) is 4.41. The number of ether oxygens (including phenoxy) is 3. The summed E-state index contributed by atoms with van der Waals surface area (Å²) in [6.07, 6.45) is 0. The molecule has 0 aliphatic carbocycles. The Balaban J connectivity index is 1.56. The molecule has 3 aromatic rings. The van der Waals surface area contributed by atoms with E-state index in [1.807, 2.05) is 68.4 Å². The largest absolute Gasteiger partial charge is 0.494 e. The molecule has 0 amide bonds. The number of benzene rings is 3. The summed E-state index contributed by atoms with van der Waals surface area (Å²) in [5, 5.41) is 0. The second kappa shape index (κ2) is 9.43. The molecule has 3 heteroatoms. The summed E-state index contributed by atoms with van der Waals surface area (Å²) < 4.78 is 53.8. The maximum atomic E-state index is 7.60. The third kappa shape index (κ3) is 5.61. The van der Waals surface area contributed by atoms with Crippen LogP contribution >= 0.6 is 0 Å². The van der Waals surface area contributed by atoms with E-state index in [4.69, 9.17) is 21.1 Å². The molecular formula is C25H28O3. The third-order valence-electron chi connectivity index (χ3n) is 4.41. The van der Waals surface area contributed by atoms with Crippen LogP contribution in [0.3, 0.4) is 0 Å². The van der Waals surface area contributed by atoms with Crippen molar-refractivity contribution in [2.45, 2.75) is 32.7 Å². The molecule has 0 bridgehead atoms. The van der Waals surface area contributed by atoms with Crippen molar-refractivity contribution in [1.29, 1.82) is 0 Å². The lowest BCUT2D eigenvalue weighted by Gasteiger charge is -2.25. The summed E-state index contributed by atoms with van der Waals surface area (Å²) >= 11 is 0. The Labute approximate surface area is 174 Å². The van der Waals surface area contributed by atoms with Gasteiger partial charge in [0.05, 0.1) is 22.5 Å². The molecule has 0 spiro atoms. The van der Waals surface area contributed by atoms with Gasteiger partial charge < -0.3 is 14.2 Å². The van der Waals surface area contributed by atoms with Crippen molar-refractivity contribution in [1.82, 2.24) is 0 Å². The highest BCUT2D eigenvalue weighted by Crippen LogP contribution is 2.27. The van der Waals surface area contributed by atoms with Crippen molar-refractivity contribution in [3.8, 4) is 17.2 Å². The van der Waals surface area contributed by atoms with Gasteiger partial charge in [-0.25, -0.2) is 0 Å². The van der Waals surface area contributed by atoms with E-state index in [0.29, 0.717) is 13.2 Å². The first-order valence-electron chi connectivity index (χ1n) is 11.7. The maximum absolute atomic E-state index is 7.60. The lowest BCUT2D eigenvalue weighted by atomic mass is 9.85. The van der Waals surface area contributed by atoms with Crippen LogP contribution in [0.2, 0.25) is 0 Å². The highest BCUT2D eigenvalue weighted by atomic mass is 16.5. The molecule has 3 rings (SSSR count). The van der Waals surface area contributed by atoms with Gasteiger partial charge in [0.15, 0.2) is 0 Å². The van der Waals surface area contributed by atoms with E-state index in [1.54, 1.807) is 24.3 Å². The number of para-hydroxylation sites is 1. The number of rotatable bonds is 9. The van der Waals surface area contributed by atoms with Crippen molar-refractivity contribution in [3.05, 3.63) is 90.0 Å². The quantitative estimate of drug-likeness (QED) is 0.431. The van der Waals surface area contributed by atoms with Crippen LogP contribution in [0.4, 0.5) is 0 Å². The van der Waals surface area contributed by atoms with E-state index < -0.39 is 13.4 Å². The van der Waals surface area contributed by atoms with Gasteiger partial charge in [-0.3, -0.25) is 0 Å². The highest BCUT2D eigenvalue weighted by molar-refractivity contribution is 5.34. The van der Waals surface area contributed by atoms with E-state index in [1.165, 1.54) is 0 Å². The minimum absolute atomic E-state index is 0.159. The molecule has 0 heterocycles. The molecule has 0 fully saturated rings. The molecular weight excluding hydrogens is 348 g/mol. The lowest BCUT2D eigenvalue weighted by molar-refractivity contribution is 0.0824. The van der Waals surface area contributed by atoms with Gasteiger partial charge in [-0.15, -0.1) is 0 Å². The highest BCUT2D eigenvalue weighted by Gasteiger charge is 2.21. The molecule has 0 N–H and O–H groups in total. The molecule has 0 aromatic heterocycles. The molecule has 3 aromatic carbocycles. The first-order valence-corrected chi connectivity index (χ1v) is 9.15. The van der Waals surface area contributed by atoms with Crippen LogP contribution in [0.1, 0.15) is 38.7 Å². The van der Waals surface area contributed by atoms with Crippen LogP contribution < -0.4 is 9.47 Å². The van der Waals surface area contributed by atoms with Crippen molar-refractivity contribution < 1.29 is 21.1 Å². The Bertz CT molecular complexity index is 1030. The average molecular weight is 382 g/mol. The second-order valence-corrected chi connectivity index (χ2v) is 7.17. The molecule has 0 aliphatic rings. The van der Waals surface area contributed by atoms with Crippen LogP contribution in [0.15, 0.2) is 78.9 Å². The van der Waals surface area contributed by atoms with Crippen LogP contribution in [0.5, 0.6) is 17.2 Å². The Kier molecular flexibility index (Phi) is 4.80. The predicted molar refractivity (Wildman–Crippen MR) is 113 cm³/mol. The molecule has 0 saturated carbocycles. The fourth-order valence-corrected chi connectivity index (χ4v) is 2.86. The Morgan fingerprint density at radius 3 is 2.36 bits per heavy atom. The first-order chi connectivity index (χ1) is 15.5. The second-order valence-electron chi connectivity index (χ2n) is 7.17. The smallest absolute Gasteiger partial charge is 0.127 e. The van der Waals surface area contributed by atoms with Gasteiger partial charge in [-0.05, 0) is 54.4 Å². The first kappa shape index (κ1) is 14.3. The summed E-state index contributed by atoms with van der Waals surface area (Å²) in [4.78, 5) is 0. The van der Waals surface area contributed by atoms with Gasteiger partial charge in [-0.2, -0.15) is 0 Å². The molecule has 146 valence electrons. The van der Waals surface area contributed by atoms with E-state index in [2.05, 4.69) is 0 Å². The predicted octanol–water partition coefficient (Wildman–Crippen LogP) is 6.37. The van der Waals surface area contributed by atoms with E-state index >= 15 is 0 Å². The van der Waals surface area contributed by atoms with Crippen molar-refractivity contribution in [3.63, 3.8) is 0 Å². The zero-order chi connectivity index (χ0) is 24.1. The topological polar surface area (TPSA) is 27.7 Å². The molecule has 0 atom stereocenters. The van der Waals surface area contributed by atoms with Gasteiger partial charge in [0.25, 0.3) is 0 Å². The van der Waals surface area contributed by atoms with Crippen molar-refractivity contribution >= 4 is 0 Å². The van der Waals surface area contributed by atoms with Crippen LogP contribution in [-0.2, 0) is 16.8 Å². The number of hydrogen-bond acceptors (Lipinski definition) is 3. The van der Waals surface area contributed by atoms with Crippen LogP contribution in [0.25, 0.3) is 0 Å². The fraction of sp³-hybridized carbons (Fsp3) is 0.280. The van der Waals surface area contributed by atoms with E-state index in [9.17, 15) is 0 Å². The zero-order valence-corrected chi connectivity index (χ0v) is 16.1. The summed E-state index contributed by atoms with van der Waals surface area (Å²) in [5.74, 6) is 1.68. The molecule has 28 heavy (non-hydrogen) atoms. The van der Waals surface area contributed by atoms with Gasteiger partial charge in [0, 0.05) is 9.53 Å². The molecule has 3 nitrogen and oxygen atoms in total. The lowest BCUT2D eigenvalue weighted by Crippen LogP contribution is -2.24. The molecule has 0 radical (unpaired) electrons. The van der Waals surface area contributed by atoms with Gasteiger partial charge in [-0.1, -0.05) is 56.3 Å². The van der Waals surface area contributed by atoms with Gasteiger partial charge >= 0.3 is 0 Å². The van der Waals surface area contributed by atoms with Crippen LogP contribution in [0, 0.1) is 0 Å². The Morgan fingerprint density at radius 1 is 0.857 bits per heavy atom. The van der Waals surface area contributed by atoms with Gasteiger partial charge in [0.2, 0.25) is 0 Å².